The molecule has 0 saturated heterocycles. The Labute approximate surface area is 175 Å². The molecule has 1 aromatic carbocycles. The van der Waals surface area contributed by atoms with E-state index in [1.165, 1.54) is 77.3 Å². The molecule has 0 radical (unpaired) electrons. The number of hydrogen-bond acceptors (Lipinski definition) is 1. The number of unbranched alkanes of at least 4 members (excludes halogenated alkanes) is 3. The topological polar surface area (TPSA) is 3.24 Å². The van der Waals surface area contributed by atoms with E-state index in [0.29, 0.717) is 5.41 Å². The molecule has 3 rings (SSSR count). The summed E-state index contributed by atoms with van der Waals surface area (Å²) in [6.45, 7) is 14.8. The van der Waals surface area contributed by atoms with E-state index in [-0.39, 0.29) is 0 Å². The van der Waals surface area contributed by atoms with Gasteiger partial charge in [-0.3, -0.25) is 0 Å². The van der Waals surface area contributed by atoms with Crippen LogP contribution in [0.25, 0.3) is 0 Å². The normalized spacial score (nSPS) is 25.3. The molecule has 2 unspecified atom stereocenters. The summed E-state index contributed by atoms with van der Waals surface area (Å²) in [6, 6.07) is 7.81. The van der Waals surface area contributed by atoms with Crippen LogP contribution in [0.2, 0.25) is 0 Å². The van der Waals surface area contributed by atoms with Crippen molar-refractivity contribution in [3.63, 3.8) is 0 Å². The van der Waals surface area contributed by atoms with Gasteiger partial charge in [0.1, 0.15) is 0 Å². The molecular weight excluding hydrogens is 338 g/mol. The van der Waals surface area contributed by atoms with Crippen molar-refractivity contribution < 1.29 is 0 Å². The van der Waals surface area contributed by atoms with E-state index in [0.717, 1.165) is 17.9 Å². The van der Waals surface area contributed by atoms with Crippen LogP contribution in [0, 0.1) is 11.8 Å². The standard InChI is InChI=1S/C27H45N/c1-6-8-9-10-12-22(4)28(20-23-15-16-23)18-17-27(5)21(3)19-25-14-11-13-24(7-2)26(25)27/h11,13-14,21-23H,6-10,12,15-20H2,1-5H3/t21-,22?,27?/m1/s1. The summed E-state index contributed by atoms with van der Waals surface area (Å²) in [5.74, 6) is 1.75. The van der Waals surface area contributed by atoms with Crippen molar-refractivity contribution in [2.45, 2.75) is 110 Å². The molecule has 2 aliphatic carbocycles. The second-order valence-corrected chi connectivity index (χ2v) is 10.2. The lowest BCUT2D eigenvalue weighted by atomic mass is 9.73. The van der Waals surface area contributed by atoms with E-state index < -0.39 is 0 Å². The lowest BCUT2D eigenvalue weighted by Crippen LogP contribution is -2.40. The van der Waals surface area contributed by atoms with E-state index in [1.54, 1.807) is 16.7 Å². The van der Waals surface area contributed by atoms with Crippen molar-refractivity contribution in [3.8, 4) is 0 Å². The van der Waals surface area contributed by atoms with Gasteiger partial charge in [-0.05, 0) is 85.9 Å². The highest BCUT2D eigenvalue weighted by atomic mass is 15.2. The first-order chi connectivity index (χ1) is 13.5. The fourth-order valence-electron chi connectivity index (χ4n) is 5.57. The lowest BCUT2D eigenvalue weighted by Gasteiger charge is -2.37. The number of nitrogens with zero attached hydrogens (tertiary/aromatic N) is 1. The fourth-order valence-corrected chi connectivity index (χ4v) is 5.57. The molecule has 2 aliphatic rings. The molecule has 0 amide bonds. The number of aryl methyl sites for hydroxylation is 1. The van der Waals surface area contributed by atoms with Gasteiger partial charge in [0.2, 0.25) is 0 Å². The van der Waals surface area contributed by atoms with Gasteiger partial charge in [0.15, 0.2) is 0 Å². The third kappa shape index (κ3) is 5.02. The van der Waals surface area contributed by atoms with Crippen LogP contribution < -0.4 is 0 Å². The van der Waals surface area contributed by atoms with Gasteiger partial charge in [-0.15, -0.1) is 0 Å². The molecule has 1 aromatic rings. The molecule has 1 nitrogen and oxygen atoms in total. The fraction of sp³-hybridized carbons (Fsp3) is 0.778. The summed E-state index contributed by atoms with van der Waals surface area (Å²) in [5.41, 5.74) is 5.31. The van der Waals surface area contributed by atoms with Crippen molar-refractivity contribution in [2.75, 3.05) is 13.1 Å². The van der Waals surface area contributed by atoms with Gasteiger partial charge >= 0.3 is 0 Å². The smallest absolute Gasteiger partial charge is 0.00670 e. The number of benzene rings is 1. The minimum absolute atomic E-state index is 0.353. The molecule has 1 saturated carbocycles. The zero-order valence-electron chi connectivity index (χ0n) is 19.4. The van der Waals surface area contributed by atoms with Gasteiger partial charge in [0, 0.05) is 12.6 Å². The second kappa shape index (κ2) is 9.79. The summed E-state index contributed by atoms with van der Waals surface area (Å²) in [7, 11) is 0. The number of fused-ring (bicyclic) bond motifs is 1. The molecule has 0 aliphatic heterocycles. The van der Waals surface area contributed by atoms with Crippen LogP contribution in [0.15, 0.2) is 18.2 Å². The first-order valence-electron chi connectivity index (χ1n) is 12.3. The van der Waals surface area contributed by atoms with Crippen LogP contribution in [0.3, 0.4) is 0 Å². The first-order valence-corrected chi connectivity index (χ1v) is 12.3. The van der Waals surface area contributed by atoms with Gasteiger partial charge < -0.3 is 4.90 Å². The highest BCUT2D eigenvalue weighted by molar-refractivity contribution is 5.46. The van der Waals surface area contributed by atoms with E-state index in [9.17, 15) is 0 Å². The molecule has 0 spiro atoms. The molecule has 3 atom stereocenters. The van der Waals surface area contributed by atoms with E-state index >= 15 is 0 Å². The van der Waals surface area contributed by atoms with Crippen LogP contribution in [-0.4, -0.2) is 24.0 Å². The Morgan fingerprint density at radius 2 is 1.93 bits per heavy atom. The highest BCUT2D eigenvalue weighted by Gasteiger charge is 2.42. The highest BCUT2D eigenvalue weighted by Crippen LogP contribution is 2.47. The Balaban J connectivity index is 1.67. The van der Waals surface area contributed by atoms with Gasteiger partial charge in [0.25, 0.3) is 0 Å². The Hall–Kier alpha value is -0.820. The molecule has 1 heteroatoms. The average Bonchev–Trinajstić information content (AvgIpc) is 3.47. The maximum absolute atomic E-state index is 2.87. The van der Waals surface area contributed by atoms with E-state index in [1.807, 2.05) is 0 Å². The molecule has 0 bridgehead atoms. The first kappa shape index (κ1) is 21.9. The van der Waals surface area contributed by atoms with Crippen molar-refractivity contribution in [2.24, 2.45) is 11.8 Å². The van der Waals surface area contributed by atoms with Crippen LogP contribution in [-0.2, 0) is 18.3 Å². The van der Waals surface area contributed by atoms with Crippen LogP contribution in [0.5, 0.6) is 0 Å². The molecule has 1 fully saturated rings. The minimum atomic E-state index is 0.353. The Morgan fingerprint density at radius 1 is 1.14 bits per heavy atom. The van der Waals surface area contributed by atoms with Crippen LogP contribution in [0.4, 0.5) is 0 Å². The molecule has 158 valence electrons. The minimum Gasteiger partial charge on any atom is -0.300 e. The predicted octanol–water partition coefficient (Wildman–Crippen LogP) is 7.16. The second-order valence-electron chi connectivity index (χ2n) is 10.2. The van der Waals surface area contributed by atoms with Crippen molar-refractivity contribution in [1.29, 1.82) is 0 Å². The Bertz CT molecular complexity index is 617. The zero-order chi connectivity index (χ0) is 20.1. The van der Waals surface area contributed by atoms with Gasteiger partial charge in [-0.2, -0.15) is 0 Å². The van der Waals surface area contributed by atoms with E-state index in [2.05, 4.69) is 57.7 Å². The van der Waals surface area contributed by atoms with Crippen LogP contribution >= 0.6 is 0 Å². The lowest BCUT2D eigenvalue weighted by molar-refractivity contribution is 0.161. The van der Waals surface area contributed by atoms with Crippen molar-refractivity contribution in [3.05, 3.63) is 34.9 Å². The molecule has 0 aromatic heterocycles. The predicted molar refractivity (Wildman–Crippen MR) is 123 cm³/mol. The third-order valence-corrected chi connectivity index (χ3v) is 8.01. The molecule has 0 heterocycles. The largest absolute Gasteiger partial charge is 0.300 e. The SMILES string of the molecule is CCCCCCC(C)N(CCC1(C)c2c(CC)cccc2C[C@H]1C)CC1CC1. The Kier molecular flexibility index (Phi) is 7.65. The zero-order valence-corrected chi connectivity index (χ0v) is 19.4. The van der Waals surface area contributed by atoms with Crippen molar-refractivity contribution in [1.82, 2.24) is 4.90 Å². The summed E-state index contributed by atoms with van der Waals surface area (Å²) < 4.78 is 0. The summed E-state index contributed by atoms with van der Waals surface area (Å²) >= 11 is 0. The van der Waals surface area contributed by atoms with E-state index in [4.69, 9.17) is 0 Å². The number of rotatable bonds is 12. The summed E-state index contributed by atoms with van der Waals surface area (Å²) in [5, 5.41) is 0. The van der Waals surface area contributed by atoms with Gasteiger partial charge in [0.05, 0.1) is 0 Å². The molecular formula is C27H45N. The number of hydrogen-bond donors (Lipinski definition) is 0. The van der Waals surface area contributed by atoms with Crippen molar-refractivity contribution >= 4 is 0 Å². The maximum Gasteiger partial charge on any atom is 0.00670 e. The summed E-state index contributed by atoms with van der Waals surface area (Å²) in [6.07, 6.45) is 13.7. The maximum atomic E-state index is 2.87. The van der Waals surface area contributed by atoms with Gasteiger partial charge in [-0.1, -0.05) is 71.6 Å². The quantitative estimate of drug-likeness (QED) is 0.346. The monoisotopic (exact) mass is 383 g/mol. The average molecular weight is 384 g/mol. The van der Waals surface area contributed by atoms with Crippen LogP contribution in [0.1, 0.15) is 103 Å². The third-order valence-electron chi connectivity index (χ3n) is 8.01. The van der Waals surface area contributed by atoms with Gasteiger partial charge in [-0.25, -0.2) is 0 Å². The Morgan fingerprint density at radius 3 is 2.61 bits per heavy atom. The summed E-state index contributed by atoms with van der Waals surface area (Å²) in [4.78, 5) is 2.87. The molecule has 28 heavy (non-hydrogen) atoms. The molecule has 0 N–H and O–H groups in total.